The van der Waals surface area contributed by atoms with Gasteiger partial charge in [0.25, 0.3) is 0 Å². The van der Waals surface area contributed by atoms with E-state index >= 15 is 0 Å². The molecule has 7 nitrogen and oxygen atoms in total. The van der Waals surface area contributed by atoms with E-state index in [0.29, 0.717) is 24.9 Å². The average Bonchev–Trinajstić information content (AvgIpc) is 3.14. The molecule has 7 heteroatoms. The van der Waals surface area contributed by atoms with Crippen molar-refractivity contribution in [2.24, 2.45) is 5.73 Å². The first-order valence-electron chi connectivity index (χ1n) is 9.08. The Bertz CT molecular complexity index is 890. The van der Waals surface area contributed by atoms with Crippen LogP contribution in [0, 0.1) is 0 Å². The lowest BCUT2D eigenvalue weighted by atomic mass is 9.78. The maximum atomic E-state index is 5.92. The Kier molecular flexibility index (Phi) is 5.13. The Labute approximate surface area is 158 Å². The molecular weight excluding hydrogens is 342 g/mol. The zero-order valence-corrected chi connectivity index (χ0v) is 15.3. The summed E-state index contributed by atoms with van der Waals surface area (Å²) < 4.78 is 10.6. The summed E-state index contributed by atoms with van der Waals surface area (Å²) in [6.07, 6.45) is 1.93. The third-order valence-electron chi connectivity index (χ3n) is 4.73. The van der Waals surface area contributed by atoms with Crippen LogP contribution in [0.1, 0.15) is 36.0 Å². The second kappa shape index (κ2) is 7.85. The summed E-state index contributed by atoms with van der Waals surface area (Å²) in [7, 11) is 1.64. The number of hydrogen-bond acceptors (Lipinski definition) is 7. The molecule has 1 fully saturated rings. The van der Waals surface area contributed by atoms with Crippen LogP contribution in [0.25, 0.3) is 11.3 Å². The lowest BCUT2D eigenvalue weighted by Gasteiger charge is -2.32. The van der Waals surface area contributed by atoms with Crippen LogP contribution < -0.4 is 11.1 Å². The van der Waals surface area contributed by atoms with Crippen molar-refractivity contribution in [3.05, 3.63) is 59.7 Å². The molecule has 140 valence electrons. The van der Waals surface area contributed by atoms with Gasteiger partial charge in [0.2, 0.25) is 0 Å². The Morgan fingerprint density at radius 2 is 2.00 bits per heavy atom. The van der Waals surface area contributed by atoms with Crippen molar-refractivity contribution in [3.63, 3.8) is 0 Å². The number of aromatic nitrogens is 3. The summed E-state index contributed by atoms with van der Waals surface area (Å²) >= 11 is 0. The second-order valence-corrected chi connectivity index (χ2v) is 6.85. The molecule has 0 unspecified atom stereocenters. The second-order valence-electron chi connectivity index (χ2n) is 6.85. The lowest BCUT2D eigenvalue weighted by molar-refractivity contribution is 0.177. The van der Waals surface area contributed by atoms with E-state index < -0.39 is 0 Å². The molecule has 1 aromatic carbocycles. The fourth-order valence-electron chi connectivity index (χ4n) is 3.23. The Morgan fingerprint density at radius 3 is 2.74 bits per heavy atom. The number of benzene rings is 1. The Hall–Kier alpha value is -2.77. The molecule has 0 amide bonds. The molecule has 2 heterocycles. The van der Waals surface area contributed by atoms with E-state index in [2.05, 4.69) is 20.4 Å². The molecule has 3 aromatic rings. The van der Waals surface area contributed by atoms with Gasteiger partial charge in [-0.3, -0.25) is 0 Å². The summed E-state index contributed by atoms with van der Waals surface area (Å²) in [6.45, 7) is 0.870. The maximum absolute atomic E-state index is 5.92. The van der Waals surface area contributed by atoms with Gasteiger partial charge in [-0.25, -0.2) is 9.97 Å². The molecule has 0 saturated heterocycles. The highest BCUT2D eigenvalue weighted by molar-refractivity contribution is 5.58. The molecule has 0 atom stereocenters. The molecule has 1 aliphatic rings. The SMILES string of the molecule is COCc1nc(NCc2cc(-c3ccccc3)no2)cc(C2CC(N)C2)n1. The lowest BCUT2D eigenvalue weighted by Crippen LogP contribution is -2.35. The summed E-state index contributed by atoms with van der Waals surface area (Å²) in [5.41, 5.74) is 8.79. The van der Waals surface area contributed by atoms with Crippen LogP contribution in [0.4, 0.5) is 5.82 Å². The Balaban J connectivity index is 1.46. The minimum atomic E-state index is 0.276. The molecule has 4 rings (SSSR count). The summed E-state index contributed by atoms with van der Waals surface area (Å²) in [6, 6.07) is 14.2. The van der Waals surface area contributed by atoms with Crippen molar-refractivity contribution >= 4 is 5.82 Å². The van der Waals surface area contributed by atoms with Gasteiger partial charge in [0, 0.05) is 42.5 Å². The van der Waals surface area contributed by atoms with Crippen LogP contribution in [-0.4, -0.2) is 28.3 Å². The predicted molar refractivity (Wildman–Crippen MR) is 102 cm³/mol. The van der Waals surface area contributed by atoms with Gasteiger partial charge in [-0.15, -0.1) is 0 Å². The van der Waals surface area contributed by atoms with E-state index in [-0.39, 0.29) is 6.04 Å². The minimum absolute atomic E-state index is 0.276. The number of ether oxygens (including phenoxy) is 1. The number of nitrogens with one attached hydrogen (secondary N) is 1. The van der Waals surface area contributed by atoms with Crippen LogP contribution in [-0.2, 0) is 17.9 Å². The van der Waals surface area contributed by atoms with Gasteiger partial charge in [0.15, 0.2) is 11.6 Å². The molecule has 2 aromatic heterocycles. The molecule has 0 radical (unpaired) electrons. The predicted octanol–water partition coefficient (Wildman–Crippen LogP) is 3.09. The highest BCUT2D eigenvalue weighted by atomic mass is 16.5. The molecule has 0 spiro atoms. The average molecular weight is 365 g/mol. The van der Waals surface area contributed by atoms with Gasteiger partial charge in [-0.05, 0) is 12.8 Å². The van der Waals surface area contributed by atoms with E-state index in [1.54, 1.807) is 7.11 Å². The first-order chi connectivity index (χ1) is 13.2. The number of nitrogens with two attached hydrogens (primary N) is 1. The zero-order chi connectivity index (χ0) is 18.6. The first kappa shape index (κ1) is 17.6. The zero-order valence-electron chi connectivity index (χ0n) is 15.3. The van der Waals surface area contributed by atoms with Crippen molar-refractivity contribution < 1.29 is 9.26 Å². The summed E-state index contributed by atoms with van der Waals surface area (Å²) in [5, 5.41) is 7.45. The molecule has 0 bridgehead atoms. The van der Waals surface area contributed by atoms with Crippen molar-refractivity contribution in [2.45, 2.75) is 38.0 Å². The molecule has 1 aliphatic carbocycles. The molecule has 0 aliphatic heterocycles. The van der Waals surface area contributed by atoms with Crippen LogP contribution in [0.3, 0.4) is 0 Å². The highest BCUT2D eigenvalue weighted by Crippen LogP contribution is 2.35. The number of methoxy groups -OCH3 is 1. The van der Waals surface area contributed by atoms with Crippen molar-refractivity contribution in [2.75, 3.05) is 12.4 Å². The Morgan fingerprint density at radius 1 is 1.19 bits per heavy atom. The van der Waals surface area contributed by atoms with Gasteiger partial charge < -0.3 is 20.3 Å². The van der Waals surface area contributed by atoms with Crippen molar-refractivity contribution in [1.82, 2.24) is 15.1 Å². The number of nitrogens with zero attached hydrogens (tertiary/aromatic N) is 3. The normalized spacial score (nSPS) is 18.9. The maximum Gasteiger partial charge on any atom is 0.156 e. The van der Waals surface area contributed by atoms with E-state index in [9.17, 15) is 0 Å². The van der Waals surface area contributed by atoms with Gasteiger partial charge in [0.05, 0.1) is 6.54 Å². The smallest absolute Gasteiger partial charge is 0.156 e. The fraction of sp³-hybridized carbons (Fsp3) is 0.350. The summed E-state index contributed by atoms with van der Waals surface area (Å²) in [5.74, 6) is 2.56. The van der Waals surface area contributed by atoms with E-state index in [1.807, 2.05) is 42.5 Å². The number of rotatable bonds is 7. The number of anilines is 1. The van der Waals surface area contributed by atoms with Crippen LogP contribution in [0.2, 0.25) is 0 Å². The molecule has 27 heavy (non-hydrogen) atoms. The van der Waals surface area contributed by atoms with Gasteiger partial charge in [-0.2, -0.15) is 0 Å². The van der Waals surface area contributed by atoms with Gasteiger partial charge in [-0.1, -0.05) is 35.5 Å². The van der Waals surface area contributed by atoms with Crippen molar-refractivity contribution in [1.29, 1.82) is 0 Å². The third kappa shape index (κ3) is 4.15. The third-order valence-corrected chi connectivity index (χ3v) is 4.73. The van der Waals surface area contributed by atoms with Gasteiger partial charge >= 0.3 is 0 Å². The molecule has 1 saturated carbocycles. The van der Waals surface area contributed by atoms with E-state index in [1.165, 1.54) is 0 Å². The topological polar surface area (TPSA) is 99.1 Å². The quantitative estimate of drug-likeness (QED) is 0.664. The minimum Gasteiger partial charge on any atom is -0.377 e. The largest absolute Gasteiger partial charge is 0.377 e. The van der Waals surface area contributed by atoms with Crippen LogP contribution >= 0.6 is 0 Å². The monoisotopic (exact) mass is 365 g/mol. The highest BCUT2D eigenvalue weighted by Gasteiger charge is 2.29. The standard InChI is InChI=1S/C20H23N5O2/c1-26-12-20-23-17(14-7-15(21)8-14)10-19(24-20)22-11-16-9-18(25-27-16)13-5-3-2-4-6-13/h2-6,9-10,14-15H,7-8,11-12,21H2,1H3,(H,22,23,24). The van der Waals surface area contributed by atoms with Crippen LogP contribution in [0.15, 0.2) is 47.0 Å². The van der Waals surface area contributed by atoms with Crippen molar-refractivity contribution in [3.8, 4) is 11.3 Å². The summed E-state index contributed by atoms with van der Waals surface area (Å²) in [4.78, 5) is 9.13. The fourth-order valence-corrected chi connectivity index (χ4v) is 3.23. The van der Waals surface area contributed by atoms with E-state index in [4.69, 9.17) is 15.0 Å². The first-order valence-corrected chi connectivity index (χ1v) is 9.08. The van der Waals surface area contributed by atoms with Crippen LogP contribution in [0.5, 0.6) is 0 Å². The molecular formula is C20H23N5O2. The van der Waals surface area contributed by atoms with Gasteiger partial charge in [0.1, 0.15) is 18.1 Å². The number of hydrogen-bond donors (Lipinski definition) is 2. The molecule has 3 N–H and O–H groups in total. The van der Waals surface area contributed by atoms with E-state index in [0.717, 1.165) is 41.4 Å².